The number of aryl methyl sites for hydroxylation is 1. The van der Waals surface area contributed by atoms with Crippen LogP contribution >= 0.6 is 0 Å². The van der Waals surface area contributed by atoms with Crippen LogP contribution in [-0.2, 0) is 4.74 Å². The van der Waals surface area contributed by atoms with Crippen LogP contribution in [0.4, 0.5) is 10.2 Å². The third-order valence-corrected chi connectivity index (χ3v) is 5.46. The lowest BCUT2D eigenvalue weighted by Crippen LogP contribution is -2.26. The fourth-order valence-corrected chi connectivity index (χ4v) is 3.76. The summed E-state index contributed by atoms with van der Waals surface area (Å²) in [5.74, 6) is 1.82. The van der Waals surface area contributed by atoms with E-state index in [1.54, 1.807) is 13.0 Å². The Bertz CT molecular complexity index is 1260. The van der Waals surface area contributed by atoms with Gasteiger partial charge in [0.05, 0.1) is 25.1 Å². The van der Waals surface area contributed by atoms with Crippen molar-refractivity contribution < 1.29 is 18.4 Å². The molecular weight excluding hydrogens is 427 g/mol. The molecule has 1 aliphatic heterocycles. The number of nitrogens with zero attached hydrogens (tertiary/aromatic N) is 5. The number of anilines is 1. The van der Waals surface area contributed by atoms with E-state index in [-0.39, 0.29) is 12.1 Å². The Labute approximate surface area is 189 Å². The van der Waals surface area contributed by atoms with Gasteiger partial charge in [0, 0.05) is 23.8 Å². The summed E-state index contributed by atoms with van der Waals surface area (Å²) in [4.78, 5) is 17.5. The van der Waals surface area contributed by atoms with Crippen LogP contribution in [-0.4, -0.2) is 44.4 Å². The standard InChI is InChI=1S/C23H23FN6O3/c1-13(23-29-14(2)30-33-23)28-22-18-9-15(19-4-3-16(24)11-25-19)10-20(21(18)26-12-27-22)32-17-5-7-31-8-6-17/h3-4,9-13,17H,5-8H2,1-2H3,(H,26,27,28). The maximum Gasteiger partial charge on any atom is 0.248 e. The number of rotatable bonds is 6. The highest BCUT2D eigenvalue weighted by Gasteiger charge is 2.21. The molecule has 4 aromatic rings. The molecule has 0 saturated carbocycles. The Kier molecular flexibility index (Phi) is 5.82. The van der Waals surface area contributed by atoms with Gasteiger partial charge in [0.2, 0.25) is 5.89 Å². The quantitative estimate of drug-likeness (QED) is 0.461. The summed E-state index contributed by atoms with van der Waals surface area (Å²) in [5.41, 5.74) is 2.05. The zero-order valence-electron chi connectivity index (χ0n) is 18.3. The molecule has 1 aliphatic rings. The molecular formula is C23H23FN6O3. The SMILES string of the molecule is Cc1noc(C(C)Nc2ncnc3c(OC4CCOCC4)cc(-c4ccc(F)cn4)cc23)n1. The molecule has 170 valence electrons. The zero-order chi connectivity index (χ0) is 22.8. The Morgan fingerprint density at radius 2 is 2.00 bits per heavy atom. The van der Waals surface area contributed by atoms with E-state index in [1.807, 2.05) is 19.1 Å². The maximum atomic E-state index is 13.5. The van der Waals surface area contributed by atoms with Crippen molar-refractivity contribution in [2.75, 3.05) is 18.5 Å². The van der Waals surface area contributed by atoms with Crippen molar-refractivity contribution >= 4 is 16.7 Å². The molecule has 5 rings (SSSR count). The van der Waals surface area contributed by atoms with Crippen LogP contribution in [0, 0.1) is 12.7 Å². The molecule has 0 amide bonds. The molecule has 1 aromatic carbocycles. The van der Waals surface area contributed by atoms with Gasteiger partial charge in [0.25, 0.3) is 0 Å². The zero-order valence-corrected chi connectivity index (χ0v) is 18.3. The summed E-state index contributed by atoms with van der Waals surface area (Å²) < 4.78 is 30.6. The normalized spacial score (nSPS) is 15.5. The van der Waals surface area contributed by atoms with Crippen LogP contribution in [0.2, 0.25) is 0 Å². The van der Waals surface area contributed by atoms with Crippen LogP contribution in [0.1, 0.15) is 37.5 Å². The second-order valence-corrected chi connectivity index (χ2v) is 7.93. The molecule has 0 spiro atoms. The van der Waals surface area contributed by atoms with Crippen molar-refractivity contribution in [3.05, 3.63) is 54.3 Å². The Hall–Kier alpha value is -3.66. The molecule has 1 fully saturated rings. The molecule has 9 nitrogen and oxygen atoms in total. The van der Waals surface area contributed by atoms with Gasteiger partial charge in [-0.3, -0.25) is 4.98 Å². The third kappa shape index (κ3) is 4.61. The monoisotopic (exact) mass is 450 g/mol. The topological polar surface area (TPSA) is 108 Å². The second-order valence-electron chi connectivity index (χ2n) is 7.93. The lowest BCUT2D eigenvalue weighted by atomic mass is 10.1. The number of pyridine rings is 1. The van der Waals surface area contributed by atoms with Gasteiger partial charge >= 0.3 is 0 Å². The number of ether oxygens (including phenoxy) is 2. The minimum Gasteiger partial charge on any atom is -0.488 e. The van der Waals surface area contributed by atoms with E-state index in [2.05, 4.69) is 30.4 Å². The van der Waals surface area contributed by atoms with E-state index in [9.17, 15) is 4.39 Å². The van der Waals surface area contributed by atoms with Gasteiger partial charge in [-0.2, -0.15) is 4.98 Å². The molecule has 0 bridgehead atoms. The van der Waals surface area contributed by atoms with Gasteiger partial charge in [0.15, 0.2) is 5.82 Å². The number of fused-ring (bicyclic) bond motifs is 1. The summed E-state index contributed by atoms with van der Waals surface area (Å²) in [6.45, 7) is 4.99. The van der Waals surface area contributed by atoms with Crippen LogP contribution in [0.25, 0.3) is 22.2 Å². The number of hydrogen-bond donors (Lipinski definition) is 1. The van der Waals surface area contributed by atoms with Crippen molar-refractivity contribution in [1.29, 1.82) is 0 Å². The fourth-order valence-electron chi connectivity index (χ4n) is 3.76. The van der Waals surface area contributed by atoms with Gasteiger partial charge in [-0.05, 0) is 38.1 Å². The first kappa shape index (κ1) is 21.2. The highest BCUT2D eigenvalue weighted by Crippen LogP contribution is 2.35. The van der Waals surface area contributed by atoms with Crippen molar-refractivity contribution in [3.8, 4) is 17.0 Å². The summed E-state index contributed by atoms with van der Waals surface area (Å²) >= 11 is 0. The Morgan fingerprint density at radius 1 is 1.15 bits per heavy atom. The van der Waals surface area contributed by atoms with Crippen LogP contribution < -0.4 is 10.1 Å². The first-order valence-corrected chi connectivity index (χ1v) is 10.8. The Morgan fingerprint density at radius 3 is 2.73 bits per heavy atom. The summed E-state index contributed by atoms with van der Waals surface area (Å²) in [5, 5.41) is 7.93. The molecule has 33 heavy (non-hydrogen) atoms. The van der Waals surface area contributed by atoms with E-state index in [0.717, 1.165) is 23.8 Å². The summed E-state index contributed by atoms with van der Waals surface area (Å²) in [6, 6.07) is 6.54. The first-order chi connectivity index (χ1) is 16.1. The number of aromatic nitrogens is 5. The van der Waals surface area contributed by atoms with Gasteiger partial charge < -0.3 is 19.3 Å². The molecule has 1 saturated heterocycles. The summed E-state index contributed by atoms with van der Waals surface area (Å²) in [6.07, 6.45) is 4.29. The van der Waals surface area contributed by atoms with Crippen LogP contribution in [0.3, 0.4) is 0 Å². The number of halogens is 1. The molecule has 0 radical (unpaired) electrons. The first-order valence-electron chi connectivity index (χ1n) is 10.8. The predicted octanol–water partition coefficient (Wildman–Crippen LogP) is 4.25. The molecule has 4 heterocycles. The molecule has 1 atom stereocenters. The average molecular weight is 450 g/mol. The van der Waals surface area contributed by atoms with Crippen molar-refractivity contribution in [2.24, 2.45) is 0 Å². The molecule has 0 aliphatic carbocycles. The van der Waals surface area contributed by atoms with E-state index in [0.29, 0.717) is 47.7 Å². The van der Waals surface area contributed by atoms with Gasteiger partial charge in [0.1, 0.15) is 41.4 Å². The molecule has 3 aromatic heterocycles. The molecule has 1 unspecified atom stereocenters. The van der Waals surface area contributed by atoms with Gasteiger partial charge in [-0.1, -0.05) is 5.16 Å². The maximum absolute atomic E-state index is 13.5. The molecule has 1 N–H and O–H groups in total. The third-order valence-electron chi connectivity index (χ3n) is 5.46. The lowest BCUT2D eigenvalue weighted by molar-refractivity contribution is 0.0261. The minimum atomic E-state index is -0.396. The molecule has 10 heteroatoms. The fraction of sp³-hybridized carbons (Fsp3) is 0.348. The van der Waals surface area contributed by atoms with Gasteiger partial charge in [-0.15, -0.1) is 0 Å². The van der Waals surface area contributed by atoms with E-state index >= 15 is 0 Å². The van der Waals surface area contributed by atoms with E-state index in [4.69, 9.17) is 14.0 Å². The lowest BCUT2D eigenvalue weighted by Gasteiger charge is -2.24. The number of nitrogens with one attached hydrogen (secondary N) is 1. The minimum absolute atomic E-state index is 0.0186. The number of hydrogen-bond acceptors (Lipinski definition) is 9. The Balaban J connectivity index is 1.58. The highest BCUT2D eigenvalue weighted by atomic mass is 19.1. The van der Waals surface area contributed by atoms with Gasteiger partial charge in [-0.25, -0.2) is 14.4 Å². The van der Waals surface area contributed by atoms with E-state index in [1.165, 1.54) is 18.6 Å². The average Bonchev–Trinajstić information content (AvgIpc) is 3.27. The van der Waals surface area contributed by atoms with Crippen molar-refractivity contribution in [1.82, 2.24) is 25.1 Å². The number of benzene rings is 1. The van der Waals surface area contributed by atoms with Crippen LogP contribution in [0.15, 0.2) is 41.3 Å². The largest absolute Gasteiger partial charge is 0.488 e. The smallest absolute Gasteiger partial charge is 0.248 e. The second kappa shape index (κ2) is 9.07. The van der Waals surface area contributed by atoms with Crippen LogP contribution in [0.5, 0.6) is 5.75 Å². The highest BCUT2D eigenvalue weighted by molar-refractivity contribution is 5.96. The van der Waals surface area contributed by atoms with Crippen molar-refractivity contribution in [2.45, 2.75) is 38.8 Å². The summed E-state index contributed by atoms with van der Waals surface area (Å²) in [7, 11) is 0. The van der Waals surface area contributed by atoms with Crippen molar-refractivity contribution in [3.63, 3.8) is 0 Å². The van der Waals surface area contributed by atoms with E-state index < -0.39 is 5.82 Å². The predicted molar refractivity (Wildman–Crippen MR) is 118 cm³/mol.